The van der Waals surface area contributed by atoms with Crippen molar-refractivity contribution in [3.05, 3.63) is 88.7 Å². The highest BCUT2D eigenvalue weighted by Gasteiger charge is 2.13. The molecule has 3 heterocycles. The average Bonchev–Trinajstić information content (AvgIpc) is 3.22. The van der Waals surface area contributed by atoms with Gasteiger partial charge in [-0.15, -0.1) is 11.8 Å². The summed E-state index contributed by atoms with van der Waals surface area (Å²) >= 11 is 1.56. The summed E-state index contributed by atoms with van der Waals surface area (Å²) < 4.78 is 7.22. The zero-order valence-electron chi connectivity index (χ0n) is 16.3. The van der Waals surface area contributed by atoms with Crippen molar-refractivity contribution in [3.8, 4) is 5.69 Å². The highest BCUT2D eigenvalue weighted by atomic mass is 32.2. The van der Waals surface area contributed by atoms with E-state index >= 15 is 0 Å². The van der Waals surface area contributed by atoms with Crippen molar-refractivity contribution in [2.75, 3.05) is 0 Å². The number of aryl methyl sites for hydroxylation is 1. The van der Waals surface area contributed by atoms with E-state index in [0.717, 1.165) is 44.7 Å². The van der Waals surface area contributed by atoms with E-state index in [9.17, 15) is 4.79 Å². The Bertz CT molecular complexity index is 1410. The van der Waals surface area contributed by atoms with Gasteiger partial charge < -0.3 is 4.42 Å². The molecular weight excluding hydrogens is 396 g/mol. The van der Waals surface area contributed by atoms with E-state index in [1.54, 1.807) is 35.0 Å². The van der Waals surface area contributed by atoms with Gasteiger partial charge >= 0.3 is 5.63 Å². The third kappa shape index (κ3) is 3.37. The normalized spacial score (nSPS) is 11.4. The Kier molecular flexibility index (Phi) is 4.80. The highest BCUT2D eigenvalue weighted by Crippen LogP contribution is 2.30. The number of hydrogen-bond acceptors (Lipinski definition) is 6. The van der Waals surface area contributed by atoms with Gasteiger partial charge in [0.05, 0.1) is 17.3 Å². The smallest absolute Gasteiger partial charge is 0.336 e. The number of para-hydroxylation sites is 1. The Hall–Kier alpha value is -3.45. The van der Waals surface area contributed by atoms with Crippen LogP contribution < -0.4 is 5.63 Å². The van der Waals surface area contributed by atoms with E-state index < -0.39 is 0 Å². The molecule has 0 saturated carbocycles. The second-order valence-electron chi connectivity index (χ2n) is 6.87. The molecule has 0 aliphatic heterocycles. The standard InChI is InChI=1S/C23H18N4O2S/c1-2-15-8-9-18-16(11-21(28)29-20(18)10-15)13-30-23-19-12-26-27(22(19)24-14-25-23)17-6-4-3-5-7-17/h3-12,14H,2,13H2,1H3. The van der Waals surface area contributed by atoms with Crippen LogP contribution >= 0.6 is 11.8 Å². The fourth-order valence-electron chi connectivity index (χ4n) is 3.46. The topological polar surface area (TPSA) is 73.8 Å². The number of hydrogen-bond donors (Lipinski definition) is 0. The van der Waals surface area contributed by atoms with Gasteiger partial charge in [-0.05, 0) is 35.7 Å². The van der Waals surface area contributed by atoms with Gasteiger partial charge in [0, 0.05) is 17.2 Å². The first kappa shape index (κ1) is 18.6. The van der Waals surface area contributed by atoms with Crippen LogP contribution in [0, 0.1) is 0 Å². The fourth-order valence-corrected chi connectivity index (χ4v) is 4.41. The number of fused-ring (bicyclic) bond motifs is 2. The largest absolute Gasteiger partial charge is 0.423 e. The maximum absolute atomic E-state index is 12.1. The molecule has 0 aliphatic rings. The lowest BCUT2D eigenvalue weighted by Crippen LogP contribution is -2.00. The lowest BCUT2D eigenvalue weighted by atomic mass is 10.1. The van der Waals surface area contributed by atoms with Gasteiger partial charge in [-0.1, -0.05) is 37.3 Å². The SMILES string of the molecule is CCc1ccc2c(CSc3ncnc4c3cnn4-c3ccccc3)cc(=O)oc2c1. The van der Waals surface area contributed by atoms with E-state index in [1.807, 2.05) is 42.5 Å². The molecule has 0 radical (unpaired) electrons. The summed E-state index contributed by atoms with van der Waals surface area (Å²) in [7, 11) is 0. The van der Waals surface area contributed by atoms with Crippen LogP contribution in [0.15, 0.2) is 81.4 Å². The summed E-state index contributed by atoms with van der Waals surface area (Å²) in [6.45, 7) is 2.08. The zero-order valence-corrected chi connectivity index (χ0v) is 17.1. The van der Waals surface area contributed by atoms with Gasteiger partial charge in [-0.3, -0.25) is 0 Å². The number of rotatable bonds is 5. The Labute approximate surface area is 176 Å². The maximum Gasteiger partial charge on any atom is 0.336 e. The van der Waals surface area contributed by atoms with Crippen LogP contribution in [0.3, 0.4) is 0 Å². The van der Waals surface area contributed by atoms with Gasteiger partial charge in [-0.2, -0.15) is 5.10 Å². The van der Waals surface area contributed by atoms with Crippen molar-refractivity contribution in [2.45, 2.75) is 24.1 Å². The summed E-state index contributed by atoms with van der Waals surface area (Å²) in [5.74, 6) is 0.593. The second-order valence-corrected chi connectivity index (χ2v) is 7.84. The van der Waals surface area contributed by atoms with E-state index in [-0.39, 0.29) is 5.63 Å². The van der Waals surface area contributed by atoms with Crippen molar-refractivity contribution < 1.29 is 4.42 Å². The minimum atomic E-state index is -0.337. The molecule has 2 aromatic carbocycles. The van der Waals surface area contributed by atoms with Gasteiger partial charge in [0.1, 0.15) is 16.9 Å². The Morgan fingerprint density at radius 1 is 1.03 bits per heavy atom. The Morgan fingerprint density at radius 2 is 1.90 bits per heavy atom. The number of nitrogens with zero attached hydrogens (tertiary/aromatic N) is 4. The van der Waals surface area contributed by atoms with E-state index in [2.05, 4.69) is 28.1 Å². The first-order chi connectivity index (χ1) is 14.7. The van der Waals surface area contributed by atoms with Crippen LogP contribution in [-0.2, 0) is 12.2 Å². The monoisotopic (exact) mass is 414 g/mol. The molecule has 0 fully saturated rings. The molecule has 7 heteroatoms. The molecule has 0 unspecified atom stereocenters. The van der Waals surface area contributed by atoms with Crippen molar-refractivity contribution in [3.63, 3.8) is 0 Å². The third-order valence-corrected chi connectivity index (χ3v) is 6.05. The number of benzene rings is 2. The molecule has 0 amide bonds. The summed E-state index contributed by atoms with van der Waals surface area (Å²) in [4.78, 5) is 21.0. The minimum absolute atomic E-state index is 0.337. The van der Waals surface area contributed by atoms with Gasteiger partial charge in [-0.25, -0.2) is 19.4 Å². The lowest BCUT2D eigenvalue weighted by Gasteiger charge is -2.07. The van der Waals surface area contributed by atoms with Gasteiger partial charge in [0.2, 0.25) is 0 Å². The van der Waals surface area contributed by atoms with Crippen LogP contribution in [0.1, 0.15) is 18.1 Å². The van der Waals surface area contributed by atoms with Crippen molar-refractivity contribution >= 4 is 33.8 Å². The number of aromatic nitrogens is 4. The van der Waals surface area contributed by atoms with Crippen molar-refractivity contribution in [1.29, 1.82) is 0 Å². The molecule has 0 atom stereocenters. The Balaban J connectivity index is 1.50. The number of thioether (sulfide) groups is 1. The predicted octanol–water partition coefficient (Wildman–Crippen LogP) is 4.78. The predicted molar refractivity (Wildman–Crippen MR) is 118 cm³/mol. The molecule has 3 aromatic heterocycles. The summed E-state index contributed by atoms with van der Waals surface area (Å²) in [6, 6.07) is 17.5. The molecule has 0 spiro atoms. The van der Waals surface area contributed by atoms with Crippen LogP contribution in [-0.4, -0.2) is 19.7 Å². The molecule has 0 N–H and O–H groups in total. The van der Waals surface area contributed by atoms with E-state index in [0.29, 0.717) is 11.3 Å². The quantitative estimate of drug-likeness (QED) is 0.234. The van der Waals surface area contributed by atoms with Crippen LogP contribution in [0.5, 0.6) is 0 Å². The summed E-state index contributed by atoms with van der Waals surface area (Å²) in [6.07, 6.45) is 4.23. The first-order valence-electron chi connectivity index (χ1n) is 9.65. The van der Waals surface area contributed by atoms with Crippen molar-refractivity contribution in [2.24, 2.45) is 0 Å². The lowest BCUT2D eigenvalue weighted by molar-refractivity contribution is 0.559. The zero-order chi connectivity index (χ0) is 20.5. The maximum atomic E-state index is 12.1. The molecule has 0 bridgehead atoms. The molecule has 5 rings (SSSR count). The molecule has 148 valence electrons. The van der Waals surface area contributed by atoms with E-state index in [1.165, 1.54) is 0 Å². The van der Waals surface area contributed by atoms with Crippen LogP contribution in [0.25, 0.3) is 27.7 Å². The second kappa shape index (κ2) is 7.76. The first-order valence-corrected chi connectivity index (χ1v) is 10.6. The highest BCUT2D eigenvalue weighted by molar-refractivity contribution is 7.98. The molecule has 0 aliphatic carbocycles. The molecular formula is C23H18N4O2S. The van der Waals surface area contributed by atoms with Gasteiger partial charge in [0.15, 0.2) is 5.65 Å². The van der Waals surface area contributed by atoms with Gasteiger partial charge in [0.25, 0.3) is 0 Å². The molecule has 5 aromatic rings. The minimum Gasteiger partial charge on any atom is -0.423 e. The third-order valence-electron chi connectivity index (χ3n) is 5.00. The molecule has 0 saturated heterocycles. The van der Waals surface area contributed by atoms with E-state index in [4.69, 9.17) is 4.42 Å². The fraction of sp³-hybridized carbons (Fsp3) is 0.130. The summed E-state index contributed by atoms with van der Waals surface area (Å²) in [5.41, 5.74) is 4.06. The summed E-state index contributed by atoms with van der Waals surface area (Å²) in [5, 5.41) is 7.16. The van der Waals surface area contributed by atoms with Crippen molar-refractivity contribution in [1.82, 2.24) is 19.7 Å². The van der Waals surface area contributed by atoms with Crippen LogP contribution in [0.2, 0.25) is 0 Å². The molecule has 6 nitrogen and oxygen atoms in total. The average molecular weight is 414 g/mol. The Morgan fingerprint density at radius 3 is 2.73 bits per heavy atom. The van der Waals surface area contributed by atoms with Crippen LogP contribution in [0.4, 0.5) is 0 Å². The molecule has 30 heavy (non-hydrogen) atoms.